The molecule has 1 heterocycles. The van der Waals surface area contributed by atoms with Gasteiger partial charge in [0.2, 0.25) is 0 Å². The van der Waals surface area contributed by atoms with Crippen LogP contribution in [0.5, 0.6) is 0 Å². The molecule has 1 N–H and O–H groups in total. The van der Waals surface area contributed by atoms with Crippen molar-refractivity contribution in [2.24, 2.45) is 0 Å². The summed E-state index contributed by atoms with van der Waals surface area (Å²) in [6.07, 6.45) is 0.617. The second kappa shape index (κ2) is 6.41. The van der Waals surface area contributed by atoms with Crippen LogP contribution in [0.1, 0.15) is 30.1 Å². The van der Waals surface area contributed by atoms with Crippen LogP contribution in [0.3, 0.4) is 0 Å². The first kappa shape index (κ1) is 14.4. The Hall–Kier alpha value is -1.04. The SMILES string of the molecule is CCc1[nH]c(C(OC)c2ccccc2)nc(=S)c1Br. The lowest BCUT2D eigenvalue weighted by atomic mass is 10.1. The molecule has 19 heavy (non-hydrogen) atoms. The molecule has 0 fully saturated rings. The van der Waals surface area contributed by atoms with Gasteiger partial charge in [-0.15, -0.1) is 0 Å². The molecule has 0 aliphatic heterocycles. The fraction of sp³-hybridized carbons (Fsp3) is 0.286. The van der Waals surface area contributed by atoms with Crippen molar-refractivity contribution in [2.75, 3.05) is 7.11 Å². The Morgan fingerprint density at radius 2 is 2.05 bits per heavy atom. The van der Waals surface area contributed by atoms with Gasteiger partial charge in [-0.25, -0.2) is 4.98 Å². The van der Waals surface area contributed by atoms with E-state index in [4.69, 9.17) is 17.0 Å². The molecule has 1 unspecified atom stereocenters. The zero-order valence-corrected chi connectivity index (χ0v) is 13.2. The number of methoxy groups -OCH3 is 1. The minimum atomic E-state index is -0.235. The van der Waals surface area contributed by atoms with Gasteiger partial charge < -0.3 is 9.72 Å². The van der Waals surface area contributed by atoms with Crippen molar-refractivity contribution in [3.05, 3.63) is 56.5 Å². The Balaban J connectivity index is 2.51. The normalized spacial score (nSPS) is 12.4. The third-order valence-electron chi connectivity index (χ3n) is 2.89. The minimum Gasteiger partial charge on any atom is -0.369 e. The number of aromatic amines is 1. The second-order valence-electron chi connectivity index (χ2n) is 4.10. The van der Waals surface area contributed by atoms with Crippen molar-refractivity contribution < 1.29 is 4.74 Å². The van der Waals surface area contributed by atoms with E-state index in [1.807, 2.05) is 30.3 Å². The molecule has 0 bridgehead atoms. The van der Waals surface area contributed by atoms with Crippen LogP contribution in [0.4, 0.5) is 0 Å². The predicted molar refractivity (Wildman–Crippen MR) is 81.8 cm³/mol. The van der Waals surface area contributed by atoms with Crippen LogP contribution in [0.2, 0.25) is 0 Å². The molecule has 0 amide bonds. The van der Waals surface area contributed by atoms with Crippen LogP contribution >= 0.6 is 28.1 Å². The van der Waals surface area contributed by atoms with Crippen LogP contribution in [0, 0.1) is 4.64 Å². The van der Waals surface area contributed by atoms with Crippen molar-refractivity contribution in [3.63, 3.8) is 0 Å². The molecule has 3 nitrogen and oxygen atoms in total. The Kier molecular flexibility index (Phi) is 4.85. The highest BCUT2D eigenvalue weighted by atomic mass is 79.9. The quantitative estimate of drug-likeness (QED) is 0.849. The van der Waals surface area contributed by atoms with Crippen molar-refractivity contribution in [1.82, 2.24) is 9.97 Å². The highest BCUT2D eigenvalue weighted by Gasteiger charge is 2.17. The van der Waals surface area contributed by atoms with Gasteiger partial charge in [0.15, 0.2) is 0 Å². The summed E-state index contributed by atoms with van der Waals surface area (Å²) in [6, 6.07) is 9.97. The fourth-order valence-corrected chi connectivity index (χ4v) is 2.62. The van der Waals surface area contributed by atoms with Gasteiger partial charge in [0.25, 0.3) is 0 Å². The van der Waals surface area contributed by atoms with Gasteiger partial charge in [-0.1, -0.05) is 49.5 Å². The molecule has 100 valence electrons. The fourth-order valence-electron chi connectivity index (χ4n) is 1.93. The maximum atomic E-state index is 5.56. The van der Waals surface area contributed by atoms with Crippen molar-refractivity contribution >= 4 is 28.1 Å². The number of rotatable bonds is 4. The molecule has 0 spiro atoms. The highest BCUT2D eigenvalue weighted by Crippen LogP contribution is 2.25. The van der Waals surface area contributed by atoms with Gasteiger partial charge in [0, 0.05) is 12.8 Å². The molecule has 1 aromatic carbocycles. The largest absolute Gasteiger partial charge is 0.369 e. The molecule has 2 aromatic rings. The summed E-state index contributed by atoms with van der Waals surface area (Å²) < 4.78 is 6.98. The molecular weight excluding hydrogens is 324 g/mol. The summed E-state index contributed by atoms with van der Waals surface area (Å²) in [5, 5.41) is 0. The maximum Gasteiger partial charge on any atom is 0.144 e. The molecule has 1 atom stereocenters. The molecule has 1 aromatic heterocycles. The van der Waals surface area contributed by atoms with E-state index in [9.17, 15) is 0 Å². The summed E-state index contributed by atoms with van der Waals surface area (Å²) in [4.78, 5) is 7.72. The first-order valence-electron chi connectivity index (χ1n) is 6.03. The van der Waals surface area contributed by atoms with Crippen LogP contribution in [-0.2, 0) is 11.2 Å². The standard InChI is InChI=1S/C14H15BrN2OS/c1-3-10-11(15)14(19)17-13(16-10)12(18-2)9-7-5-4-6-8-9/h4-8,12H,3H2,1-2H3,(H,16,17,19). The lowest BCUT2D eigenvalue weighted by Gasteiger charge is -2.16. The number of halogens is 1. The summed E-state index contributed by atoms with van der Waals surface area (Å²) >= 11 is 8.74. The smallest absolute Gasteiger partial charge is 0.144 e. The summed E-state index contributed by atoms with van der Waals surface area (Å²) in [6.45, 7) is 2.07. The van der Waals surface area contributed by atoms with E-state index >= 15 is 0 Å². The first-order valence-corrected chi connectivity index (χ1v) is 7.23. The topological polar surface area (TPSA) is 37.9 Å². The van der Waals surface area contributed by atoms with Crippen molar-refractivity contribution in [3.8, 4) is 0 Å². The maximum absolute atomic E-state index is 5.56. The monoisotopic (exact) mass is 338 g/mol. The predicted octanol–water partition coefficient (Wildman–Crippen LogP) is 4.20. The lowest BCUT2D eigenvalue weighted by Crippen LogP contribution is -2.10. The number of hydrogen-bond acceptors (Lipinski definition) is 3. The van der Waals surface area contributed by atoms with E-state index in [0.717, 1.165) is 28.0 Å². The Labute approximate surface area is 126 Å². The molecular formula is C14H15BrN2OS. The van der Waals surface area contributed by atoms with Gasteiger partial charge in [-0.2, -0.15) is 0 Å². The number of benzene rings is 1. The number of H-pyrrole nitrogens is 1. The van der Waals surface area contributed by atoms with Crippen LogP contribution in [-0.4, -0.2) is 17.1 Å². The van der Waals surface area contributed by atoms with Crippen LogP contribution in [0.25, 0.3) is 0 Å². The van der Waals surface area contributed by atoms with Crippen LogP contribution in [0.15, 0.2) is 34.8 Å². The molecule has 0 saturated heterocycles. The molecule has 5 heteroatoms. The molecule has 0 radical (unpaired) electrons. The van der Waals surface area contributed by atoms with E-state index in [2.05, 4.69) is 32.8 Å². The Bertz CT molecular complexity index is 613. The lowest BCUT2D eigenvalue weighted by molar-refractivity contribution is 0.128. The zero-order valence-electron chi connectivity index (χ0n) is 10.8. The Morgan fingerprint density at radius 3 is 2.63 bits per heavy atom. The van der Waals surface area contributed by atoms with E-state index < -0.39 is 0 Å². The second-order valence-corrected chi connectivity index (χ2v) is 5.28. The Morgan fingerprint density at radius 1 is 1.37 bits per heavy atom. The van der Waals surface area contributed by atoms with Crippen molar-refractivity contribution in [2.45, 2.75) is 19.4 Å². The summed E-state index contributed by atoms with van der Waals surface area (Å²) in [7, 11) is 1.67. The zero-order chi connectivity index (χ0) is 13.8. The van der Waals surface area contributed by atoms with E-state index in [0.29, 0.717) is 4.64 Å². The van der Waals surface area contributed by atoms with Gasteiger partial charge in [0.05, 0.1) is 4.47 Å². The molecule has 2 rings (SSSR count). The number of nitrogens with one attached hydrogen (secondary N) is 1. The first-order chi connectivity index (χ1) is 9.17. The molecule has 0 aliphatic rings. The summed E-state index contributed by atoms with van der Waals surface area (Å²) in [5.41, 5.74) is 2.08. The number of aryl methyl sites for hydroxylation is 1. The van der Waals surface area contributed by atoms with E-state index in [-0.39, 0.29) is 6.10 Å². The summed E-state index contributed by atoms with van der Waals surface area (Å²) in [5.74, 6) is 0.735. The van der Waals surface area contributed by atoms with Gasteiger partial charge in [0.1, 0.15) is 16.6 Å². The number of ether oxygens (including phenoxy) is 1. The average molecular weight is 339 g/mol. The molecule has 0 aliphatic carbocycles. The van der Waals surface area contributed by atoms with Gasteiger partial charge in [-0.05, 0) is 27.9 Å². The third-order valence-corrected chi connectivity index (χ3v) is 4.31. The highest BCUT2D eigenvalue weighted by molar-refractivity contribution is 9.10. The number of aromatic nitrogens is 2. The number of nitrogens with zero attached hydrogens (tertiary/aromatic N) is 1. The van der Waals surface area contributed by atoms with Gasteiger partial charge >= 0.3 is 0 Å². The van der Waals surface area contributed by atoms with Gasteiger partial charge in [-0.3, -0.25) is 0 Å². The van der Waals surface area contributed by atoms with E-state index in [1.54, 1.807) is 7.11 Å². The average Bonchev–Trinajstić information content (AvgIpc) is 2.44. The van der Waals surface area contributed by atoms with Crippen molar-refractivity contribution in [1.29, 1.82) is 0 Å². The van der Waals surface area contributed by atoms with Crippen LogP contribution < -0.4 is 0 Å². The van der Waals surface area contributed by atoms with E-state index in [1.165, 1.54) is 0 Å². The number of hydrogen-bond donors (Lipinski definition) is 1. The minimum absolute atomic E-state index is 0.235. The third kappa shape index (κ3) is 3.11. The molecule has 0 saturated carbocycles.